The van der Waals surface area contributed by atoms with Gasteiger partial charge in [-0.2, -0.15) is 8.78 Å². The van der Waals surface area contributed by atoms with Crippen molar-refractivity contribution in [2.24, 2.45) is 0 Å². The predicted octanol–water partition coefficient (Wildman–Crippen LogP) is 3.20. The van der Waals surface area contributed by atoms with E-state index in [0.29, 0.717) is 0 Å². The van der Waals surface area contributed by atoms with Gasteiger partial charge >= 0.3 is 6.61 Å². The number of alkyl halides is 2. The molecule has 0 aromatic heterocycles. The van der Waals surface area contributed by atoms with Crippen molar-refractivity contribution in [1.82, 2.24) is 10.2 Å². The Hall–Kier alpha value is -1.46. The minimum absolute atomic E-state index is 0.158. The van der Waals surface area contributed by atoms with Gasteiger partial charge in [0, 0.05) is 32.2 Å². The van der Waals surface area contributed by atoms with Gasteiger partial charge in [-0.05, 0) is 31.0 Å². The van der Waals surface area contributed by atoms with E-state index in [1.165, 1.54) is 0 Å². The third kappa shape index (κ3) is 4.79. The highest BCUT2D eigenvalue weighted by Gasteiger charge is 2.22. The molecule has 1 fully saturated rings. The Kier molecular flexibility index (Phi) is 5.70. The second-order valence-electron chi connectivity index (χ2n) is 5.41. The first kappa shape index (κ1) is 15.9. The first-order chi connectivity index (χ1) is 10.1. The standard InChI is InChI=1S/C16H22F2N2O/c1-12(2)10-15(20-8-6-19-7-9-20)13-4-3-5-14(11-13)21-16(17)18/h3-5,11,15-16,19H,1,6-10H2,2H3/t15-/m0/s1. The highest BCUT2D eigenvalue weighted by atomic mass is 19.3. The van der Waals surface area contributed by atoms with E-state index < -0.39 is 6.61 Å². The van der Waals surface area contributed by atoms with Crippen molar-refractivity contribution < 1.29 is 13.5 Å². The quantitative estimate of drug-likeness (QED) is 0.816. The minimum atomic E-state index is -2.79. The van der Waals surface area contributed by atoms with Crippen LogP contribution in [-0.2, 0) is 0 Å². The van der Waals surface area contributed by atoms with E-state index in [1.54, 1.807) is 18.2 Å². The molecule has 0 spiro atoms. The van der Waals surface area contributed by atoms with Gasteiger partial charge in [-0.3, -0.25) is 4.90 Å². The summed E-state index contributed by atoms with van der Waals surface area (Å²) in [5.74, 6) is 0.212. The maximum atomic E-state index is 12.4. The Morgan fingerprint density at radius 2 is 2.10 bits per heavy atom. The van der Waals surface area contributed by atoms with Crippen LogP contribution in [0.1, 0.15) is 24.9 Å². The molecule has 0 radical (unpaired) electrons. The van der Waals surface area contributed by atoms with Crippen LogP contribution in [0.3, 0.4) is 0 Å². The third-order valence-corrected chi connectivity index (χ3v) is 3.60. The Morgan fingerprint density at radius 3 is 2.71 bits per heavy atom. The number of hydrogen-bond donors (Lipinski definition) is 1. The SMILES string of the molecule is C=C(C)C[C@@H](c1cccc(OC(F)F)c1)N1CCNCC1. The lowest BCUT2D eigenvalue weighted by Gasteiger charge is -2.35. The fourth-order valence-electron chi connectivity index (χ4n) is 2.68. The number of hydrogen-bond acceptors (Lipinski definition) is 3. The summed E-state index contributed by atoms with van der Waals surface area (Å²) >= 11 is 0. The highest BCUT2D eigenvalue weighted by Crippen LogP contribution is 2.30. The zero-order valence-electron chi connectivity index (χ0n) is 12.3. The number of benzene rings is 1. The molecule has 0 bridgehead atoms. The first-order valence-corrected chi connectivity index (χ1v) is 7.20. The van der Waals surface area contributed by atoms with Crippen molar-refractivity contribution in [1.29, 1.82) is 0 Å². The topological polar surface area (TPSA) is 24.5 Å². The number of nitrogens with one attached hydrogen (secondary N) is 1. The van der Waals surface area contributed by atoms with Crippen molar-refractivity contribution >= 4 is 0 Å². The number of halogens is 2. The third-order valence-electron chi connectivity index (χ3n) is 3.60. The van der Waals surface area contributed by atoms with E-state index in [-0.39, 0.29) is 11.8 Å². The number of ether oxygens (including phenoxy) is 1. The Labute approximate surface area is 124 Å². The van der Waals surface area contributed by atoms with E-state index in [9.17, 15) is 8.78 Å². The van der Waals surface area contributed by atoms with Crippen LogP contribution in [0.15, 0.2) is 36.4 Å². The molecular formula is C16H22F2N2O. The summed E-state index contributed by atoms with van der Waals surface area (Å²) in [6.45, 7) is 6.97. The van der Waals surface area contributed by atoms with E-state index in [2.05, 4.69) is 21.5 Å². The monoisotopic (exact) mass is 296 g/mol. The van der Waals surface area contributed by atoms with Gasteiger partial charge < -0.3 is 10.1 Å². The van der Waals surface area contributed by atoms with E-state index in [0.717, 1.165) is 43.7 Å². The highest BCUT2D eigenvalue weighted by molar-refractivity contribution is 5.31. The average molecular weight is 296 g/mol. The molecule has 1 saturated heterocycles. The van der Waals surface area contributed by atoms with Crippen molar-refractivity contribution in [2.75, 3.05) is 26.2 Å². The molecule has 1 aromatic rings. The molecule has 21 heavy (non-hydrogen) atoms. The maximum Gasteiger partial charge on any atom is 0.387 e. The Balaban J connectivity index is 2.20. The van der Waals surface area contributed by atoms with Crippen LogP contribution in [0.4, 0.5) is 8.78 Å². The molecule has 0 aliphatic carbocycles. The lowest BCUT2D eigenvalue weighted by molar-refractivity contribution is -0.0499. The molecule has 1 aromatic carbocycles. The molecule has 0 saturated carbocycles. The van der Waals surface area contributed by atoms with Gasteiger partial charge in [-0.15, -0.1) is 6.58 Å². The van der Waals surface area contributed by atoms with Gasteiger partial charge in [0.2, 0.25) is 0 Å². The molecule has 0 amide bonds. The molecule has 1 aliphatic heterocycles. The minimum Gasteiger partial charge on any atom is -0.435 e. The lowest BCUT2D eigenvalue weighted by Crippen LogP contribution is -2.45. The first-order valence-electron chi connectivity index (χ1n) is 7.20. The number of piperazine rings is 1. The predicted molar refractivity (Wildman–Crippen MR) is 79.7 cm³/mol. The second kappa shape index (κ2) is 7.52. The average Bonchev–Trinajstić information content (AvgIpc) is 2.45. The molecule has 2 rings (SSSR count). The molecule has 1 atom stereocenters. The van der Waals surface area contributed by atoms with Crippen molar-refractivity contribution in [3.8, 4) is 5.75 Å². The molecule has 5 heteroatoms. The summed E-state index contributed by atoms with van der Waals surface area (Å²) in [6, 6.07) is 7.16. The fraction of sp³-hybridized carbons (Fsp3) is 0.500. The Morgan fingerprint density at radius 1 is 1.38 bits per heavy atom. The van der Waals surface area contributed by atoms with Crippen molar-refractivity contribution in [3.63, 3.8) is 0 Å². The zero-order valence-corrected chi connectivity index (χ0v) is 12.3. The van der Waals surface area contributed by atoms with Gasteiger partial charge in [0.1, 0.15) is 5.75 Å². The lowest BCUT2D eigenvalue weighted by atomic mass is 9.98. The van der Waals surface area contributed by atoms with Crippen molar-refractivity contribution in [2.45, 2.75) is 26.0 Å². The molecule has 3 nitrogen and oxygen atoms in total. The molecule has 0 unspecified atom stereocenters. The number of nitrogens with zero attached hydrogens (tertiary/aromatic N) is 1. The van der Waals surface area contributed by atoms with Crippen LogP contribution in [0.2, 0.25) is 0 Å². The molecule has 1 aliphatic rings. The fourth-order valence-corrected chi connectivity index (χ4v) is 2.68. The van der Waals surface area contributed by atoms with Crippen molar-refractivity contribution in [3.05, 3.63) is 42.0 Å². The Bertz CT molecular complexity index is 473. The van der Waals surface area contributed by atoms with Gasteiger partial charge in [-0.1, -0.05) is 17.7 Å². The summed E-state index contributed by atoms with van der Waals surface area (Å²) in [5, 5.41) is 3.32. The number of rotatable bonds is 6. The van der Waals surface area contributed by atoms with E-state index in [1.807, 2.05) is 13.0 Å². The second-order valence-corrected chi connectivity index (χ2v) is 5.41. The summed E-state index contributed by atoms with van der Waals surface area (Å²) < 4.78 is 29.2. The zero-order chi connectivity index (χ0) is 15.2. The summed E-state index contributed by atoms with van der Waals surface area (Å²) in [5.41, 5.74) is 2.08. The van der Waals surface area contributed by atoms with E-state index >= 15 is 0 Å². The molecular weight excluding hydrogens is 274 g/mol. The molecule has 1 heterocycles. The summed E-state index contributed by atoms with van der Waals surface area (Å²) in [4.78, 5) is 2.37. The molecule has 1 N–H and O–H groups in total. The van der Waals surface area contributed by atoms with Crippen LogP contribution in [-0.4, -0.2) is 37.7 Å². The van der Waals surface area contributed by atoms with Gasteiger partial charge in [0.05, 0.1) is 0 Å². The summed E-state index contributed by atoms with van der Waals surface area (Å²) in [7, 11) is 0. The maximum absolute atomic E-state index is 12.4. The largest absolute Gasteiger partial charge is 0.435 e. The normalized spacial score (nSPS) is 17.7. The van der Waals surface area contributed by atoms with E-state index in [4.69, 9.17) is 0 Å². The van der Waals surface area contributed by atoms with Gasteiger partial charge in [-0.25, -0.2) is 0 Å². The van der Waals surface area contributed by atoms with Crippen LogP contribution >= 0.6 is 0 Å². The van der Waals surface area contributed by atoms with Gasteiger partial charge in [0.25, 0.3) is 0 Å². The molecule has 116 valence electrons. The van der Waals surface area contributed by atoms with Crippen LogP contribution in [0, 0.1) is 0 Å². The van der Waals surface area contributed by atoms with Gasteiger partial charge in [0.15, 0.2) is 0 Å². The van der Waals surface area contributed by atoms with Crippen LogP contribution in [0.25, 0.3) is 0 Å². The van der Waals surface area contributed by atoms with Crippen LogP contribution < -0.4 is 10.1 Å². The smallest absolute Gasteiger partial charge is 0.387 e. The summed E-state index contributed by atoms with van der Waals surface area (Å²) in [6.07, 6.45) is 0.818. The van der Waals surface area contributed by atoms with Crippen LogP contribution in [0.5, 0.6) is 5.75 Å².